The number of hydrogen-bond donors (Lipinski definition) is 1. The van der Waals surface area contributed by atoms with Crippen molar-refractivity contribution in [1.82, 2.24) is 10.2 Å². The molecule has 2 amide bonds. The number of carbonyl (C=O) groups excluding carboxylic acids is 2. The molecule has 0 aliphatic heterocycles. The second-order valence-corrected chi connectivity index (χ2v) is 12.2. The van der Waals surface area contributed by atoms with E-state index in [4.69, 9.17) is 11.6 Å². The van der Waals surface area contributed by atoms with Crippen molar-refractivity contribution < 1.29 is 26.8 Å². The number of carbonyl (C=O) groups is 2. The molecular weight excluding hydrogens is 560 g/mol. The number of nitrogens with one attached hydrogen (secondary N) is 1. The number of benzene rings is 3. The van der Waals surface area contributed by atoms with Crippen LogP contribution in [0.25, 0.3) is 0 Å². The highest BCUT2D eigenvalue weighted by atomic mass is 35.5. The number of sulfonamides is 1. The summed E-state index contributed by atoms with van der Waals surface area (Å²) in [5, 5.41) is 3.31. The molecule has 1 N–H and O–H groups in total. The van der Waals surface area contributed by atoms with E-state index >= 15 is 0 Å². The first-order valence-electron chi connectivity index (χ1n) is 12.6. The van der Waals surface area contributed by atoms with Crippen LogP contribution in [0.15, 0.2) is 72.8 Å². The molecule has 0 radical (unpaired) electrons. The lowest BCUT2D eigenvalue weighted by molar-refractivity contribution is -0.140. The third-order valence-corrected chi connectivity index (χ3v) is 7.44. The summed E-state index contributed by atoms with van der Waals surface area (Å²) in [6.07, 6.45) is 1.01. The molecule has 0 spiro atoms. The standard InChI is InChI=1S/C29H32ClF2N3O4S/c1-20(2)17-33-29(37)27(15-21-8-5-4-6-9-21)34(18-22-10-7-11-23(30)14-22)28(36)19-35(40(3,38)39)24-12-13-25(31)26(32)16-24/h4-14,16,20,27H,15,17-19H2,1-3H3,(H,33,37). The highest BCUT2D eigenvalue weighted by molar-refractivity contribution is 7.92. The van der Waals surface area contributed by atoms with Gasteiger partial charge in [0.05, 0.1) is 11.9 Å². The van der Waals surface area contributed by atoms with Crippen molar-refractivity contribution in [1.29, 1.82) is 0 Å². The van der Waals surface area contributed by atoms with E-state index in [1.54, 1.807) is 24.3 Å². The molecule has 0 aliphatic rings. The molecule has 1 atom stereocenters. The minimum Gasteiger partial charge on any atom is -0.354 e. The molecule has 0 aliphatic carbocycles. The Morgan fingerprint density at radius 1 is 0.925 bits per heavy atom. The molecule has 3 aromatic carbocycles. The minimum atomic E-state index is -4.11. The molecular formula is C29H32ClF2N3O4S. The molecule has 214 valence electrons. The van der Waals surface area contributed by atoms with Gasteiger partial charge < -0.3 is 10.2 Å². The fourth-order valence-corrected chi connectivity index (χ4v) is 5.12. The monoisotopic (exact) mass is 591 g/mol. The number of hydrogen-bond acceptors (Lipinski definition) is 4. The van der Waals surface area contributed by atoms with Gasteiger partial charge in [-0.05, 0) is 41.3 Å². The molecule has 3 rings (SSSR count). The lowest BCUT2D eigenvalue weighted by Gasteiger charge is -2.33. The maximum absolute atomic E-state index is 14.0. The van der Waals surface area contributed by atoms with E-state index in [-0.39, 0.29) is 24.6 Å². The minimum absolute atomic E-state index is 0.0542. The molecule has 0 saturated carbocycles. The lowest BCUT2D eigenvalue weighted by atomic mass is 10.0. The summed E-state index contributed by atoms with van der Waals surface area (Å²) in [5.74, 6) is -3.39. The number of nitrogens with zero attached hydrogens (tertiary/aromatic N) is 2. The smallest absolute Gasteiger partial charge is 0.244 e. The van der Waals surface area contributed by atoms with Gasteiger partial charge in [0.25, 0.3) is 0 Å². The summed E-state index contributed by atoms with van der Waals surface area (Å²) < 4.78 is 53.7. The van der Waals surface area contributed by atoms with Crippen molar-refractivity contribution in [2.45, 2.75) is 32.9 Å². The summed E-state index contributed by atoms with van der Waals surface area (Å²) in [6, 6.07) is 17.4. The number of amides is 2. The second-order valence-electron chi connectivity index (χ2n) is 9.86. The van der Waals surface area contributed by atoms with Gasteiger partial charge in [0, 0.05) is 30.6 Å². The predicted octanol–water partition coefficient (Wildman–Crippen LogP) is 4.80. The van der Waals surface area contributed by atoms with E-state index in [1.165, 1.54) is 4.90 Å². The van der Waals surface area contributed by atoms with E-state index in [0.717, 1.165) is 24.0 Å². The van der Waals surface area contributed by atoms with Gasteiger partial charge in [-0.1, -0.05) is 67.9 Å². The van der Waals surface area contributed by atoms with E-state index in [1.807, 2.05) is 44.2 Å². The fraction of sp³-hybridized carbons (Fsp3) is 0.310. The van der Waals surface area contributed by atoms with Crippen LogP contribution in [0.1, 0.15) is 25.0 Å². The number of rotatable bonds is 12. The van der Waals surface area contributed by atoms with Crippen LogP contribution in [-0.4, -0.2) is 50.5 Å². The zero-order chi connectivity index (χ0) is 29.4. The Balaban J connectivity index is 2.06. The molecule has 7 nitrogen and oxygen atoms in total. The lowest BCUT2D eigenvalue weighted by Crippen LogP contribution is -2.53. The van der Waals surface area contributed by atoms with E-state index < -0.39 is 46.1 Å². The summed E-state index contributed by atoms with van der Waals surface area (Å²) in [7, 11) is -4.11. The first-order chi connectivity index (χ1) is 18.8. The normalized spacial score (nSPS) is 12.2. The van der Waals surface area contributed by atoms with Crippen LogP contribution >= 0.6 is 11.6 Å². The van der Waals surface area contributed by atoms with Gasteiger partial charge >= 0.3 is 0 Å². The SMILES string of the molecule is CC(C)CNC(=O)C(Cc1ccccc1)N(Cc1cccc(Cl)c1)C(=O)CN(c1ccc(F)c(F)c1)S(C)(=O)=O. The first kappa shape index (κ1) is 31.0. The summed E-state index contributed by atoms with van der Waals surface area (Å²) in [5.41, 5.74) is 1.19. The van der Waals surface area contributed by atoms with E-state index in [9.17, 15) is 26.8 Å². The molecule has 0 fully saturated rings. The first-order valence-corrected chi connectivity index (χ1v) is 14.9. The van der Waals surface area contributed by atoms with Crippen molar-refractivity contribution in [2.24, 2.45) is 5.92 Å². The third-order valence-electron chi connectivity index (χ3n) is 6.07. The molecule has 0 saturated heterocycles. The highest BCUT2D eigenvalue weighted by Crippen LogP contribution is 2.23. The number of anilines is 1. The largest absolute Gasteiger partial charge is 0.354 e. The Bertz CT molecular complexity index is 1440. The van der Waals surface area contributed by atoms with Crippen LogP contribution < -0.4 is 9.62 Å². The molecule has 40 heavy (non-hydrogen) atoms. The average Bonchev–Trinajstić information content (AvgIpc) is 2.89. The molecule has 0 bridgehead atoms. The maximum Gasteiger partial charge on any atom is 0.244 e. The van der Waals surface area contributed by atoms with Gasteiger partial charge in [-0.2, -0.15) is 0 Å². The Labute approximate surface area is 238 Å². The molecule has 0 aromatic heterocycles. The van der Waals surface area contributed by atoms with Gasteiger partial charge in [-0.3, -0.25) is 13.9 Å². The summed E-state index contributed by atoms with van der Waals surface area (Å²) in [4.78, 5) is 28.8. The van der Waals surface area contributed by atoms with E-state index in [0.29, 0.717) is 27.5 Å². The summed E-state index contributed by atoms with van der Waals surface area (Å²) >= 11 is 6.18. The molecule has 1 unspecified atom stereocenters. The van der Waals surface area contributed by atoms with Crippen molar-refractivity contribution in [3.05, 3.63) is 101 Å². The van der Waals surface area contributed by atoms with Crippen LogP contribution in [0.2, 0.25) is 5.02 Å². The van der Waals surface area contributed by atoms with Crippen LogP contribution in [0.3, 0.4) is 0 Å². The van der Waals surface area contributed by atoms with Crippen LogP contribution in [0, 0.1) is 17.6 Å². The van der Waals surface area contributed by atoms with Gasteiger partial charge in [0.1, 0.15) is 12.6 Å². The average molecular weight is 592 g/mol. The zero-order valence-electron chi connectivity index (χ0n) is 22.5. The zero-order valence-corrected chi connectivity index (χ0v) is 24.1. The Morgan fingerprint density at radius 3 is 2.20 bits per heavy atom. The quantitative estimate of drug-likeness (QED) is 0.328. The molecule has 0 heterocycles. The van der Waals surface area contributed by atoms with Crippen molar-refractivity contribution >= 4 is 39.1 Å². The van der Waals surface area contributed by atoms with Crippen molar-refractivity contribution in [3.63, 3.8) is 0 Å². The van der Waals surface area contributed by atoms with Crippen LogP contribution in [-0.2, 0) is 32.6 Å². The highest BCUT2D eigenvalue weighted by Gasteiger charge is 2.33. The number of halogens is 3. The topological polar surface area (TPSA) is 86.8 Å². The van der Waals surface area contributed by atoms with Crippen molar-refractivity contribution in [3.8, 4) is 0 Å². The Kier molecular flexibility index (Phi) is 10.6. The second kappa shape index (κ2) is 13.7. The van der Waals surface area contributed by atoms with Crippen molar-refractivity contribution in [2.75, 3.05) is 23.7 Å². The maximum atomic E-state index is 14.0. The third kappa shape index (κ3) is 8.76. The van der Waals surface area contributed by atoms with Crippen LogP contribution in [0.5, 0.6) is 0 Å². The van der Waals surface area contributed by atoms with Crippen LogP contribution in [0.4, 0.5) is 14.5 Å². The van der Waals surface area contributed by atoms with Gasteiger partial charge in [-0.15, -0.1) is 0 Å². The van der Waals surface area contributed by atoms with Gasteiger partial charge in [0.2, 0.25) is 21.8 Å². The van der Waals surface area contributed by atoms with Gasteiger partial charge in [0.15, 0.2) is 11.6 Å². The molecule has 3 aromatic rings. The van der Waals surface area contributed by atoms with E-state index in [2.05, 4.69) is 5.32 Å². The Hall–Kier alpha value is -3.50. The van der Waals surface area contributed by atoms with Gasteiger partial charge in [-0.25, -0.2) is 17.2 Å². The predicted molar refractivity (Wildman–Crippen MR) is 152 cm³/mol. The Morgan fingerprint density at radius 2 is 1.60 bits per heavy atom. The fourth-order valence-electron chi connectivity index (χ4n) is 4.06. The molecule has 11 heteroatoms. The summed E-state index contributed by atoms with van der Waals surface area (Å²) in [6.45, 7) is 3.45.